The van der Waals surface area contributed by atoms with E-state index in [1.165, 1.54) is 0 Å². The van der Waals surface area contributed by atoms with Gasteiger partial charge in [-0.15, -0.1) is 0 Å². The van der Waals surface area contributed by atoms with Crippen molar-refractivity contribution in [2.24, 2.45) is 0 Å². The molecule has 0 aliphatic carbocycles. The topological polar surface area (TPSA) is 100 Å². The zero-order valence-electron chi connectivity index (χ0n) is 20.1. The van der Waals surface area contributed by atoms with Crippen LogP contribution in [0.3, 0.4) is 0 Å². The van der Waals surface area contributed by atoms with Gasteiger partial charge in [-0.05, 0) is 39.0 Å². The number of ether oxygens (including phenoxy) is 1. The summed E-state index contributed by atoms with van der Waals surface area (Å²) in [6, 6.07) is 4.72. The predicted octanol–water partition coefficient (Wildman–Crippen LogP) is 1.54. The third-order valence-electron chi connectivity index (χ3n) is 5.80. The Hall–Kier alpha value is -3.14. The number of esters is 1. The minimum Gasteiger partial charge on any atom is -0.464 e. The number of fused-ring (bicyclic) bond motifs is 1. The molecular formula is C23H34N6O4. The van der Waals surface area contributed by atoms with E-state index in [1.807, 2.05) is 18.2 Å². The van der Waals surface area contributed by atoms with Gasteiger partial charge in [-0.25, -0.2) is 14.6 Å². The Balaban J connectivity index is 1.63. The van der Waals surface area contributed by atoms with Gasteiger partial charge in [0.15, 0.2) is 0 Å². The van der Waals surface area contributed by atoms with Crippen molar-refractivity contribution in [3.05, 3.63) is 29.6 Å². The Bertz CT molecular complexity index is 1010. The minimum absolute atomic E-state index is 0.0452. The largest absolute Gasteiger partial charge is 0.464 e. The summed E-state index contributed by atoms with van der Waals surface area (Å²) >= 11 is 0. The van der Waals surface area contributed by atoms with Crippen molar-refractivity contribution in [1.29, 1.82) is 0 Å². The smallest absolute Gasteiger partial charge is 0.328 e. The molecule has 1 aliphatic heterocycles. The molecular weight excluding hydrogens is 424 g/mol. The molecule has 33 heavy (non-hydrogen) atoms. The molecule has 1 aliphatic rings. The number of hydrogen-bond acceptors (Lipinski definition) is 6. The van der Waals surface area contributed by atoms with E-state index in [-0.39, 0.29) is 18.5 Å². The molecule has 10 heteroatoms. The number of hydrogen-bond donors (Lipinski definition) is 1. The van der Waals surface area contributed by atoms with Crippen LogP contribution in [0.2, 0.25) is 0 Å². The number of carbonyl (C=O) groups is 3. The van der Waals surface area contributed by atoms with Crippen molar-refractivity contribution >= 4 is 28.9 Å². The molecule has 180 valence electrons. The highest BCUT2D eigenvalue weighted by Crippen LogP contribution is 2.20. The number of nitrogens with zero attached hydrogens (tertiary/aromatic N) is 5. The lowest BCUT2D eigenvalue weighted by Crippen LogP contribution is -2.54. The third kappa shape index (κ3) is 5.62. The standard InChI is InChI=1S/C23H34N6O4/c1-6-29-19-9-8-17(21(30)26(4)5)14-18(19)25-20(29)15-27-10-12-28(13-11-27)23(32)24-16(3)22(31)33-7-2/h8-9,14,16H,6-7,10-13,15H2,1-5H3,(H,24,32)/t16-/m0/s1. The van der Waals surface area contributed by atoms with E-state index in [2.05, 4.69) is 21.7 Å². The fourth-order valence-electron chi connectivity index (χ4n) is 3.96. The SMILES string of the molecule is CCOC(=O)[C@H](C)NC(=O)N1CCN(Cc2nc3cc(C(=O)N(C)C)ccc3n2CC)CC1. The van der Waals surface area contributed by atoms with Crippen LogP contribution in [0.1, 0.15) is 37.0 Å². The molecule has 3 rings (SSSR count). The van der Waals surface area contributed by atoms with Crippen LogP contribution in [0.5, 0.6) is 0 Å². The molecule has 0 spiro atoms. The van der Waals surface area contributed by atoms with E-state index < -0.39 is 12.0 Å². The van der Waals surface area contributed by atoms with E-state index in [0.717, 1.165) is 23.4 Å². The fourth-order valence-corrected chi connectivity index (χ4v) is 3.96. The highest BCUT2D eigenvalue weighted by molar-refractivity contribution is 5.97. The summed E-state index contributed by atoms with van der Waals surface area (Å²) in [5, 5.41) is 2.70. The normalized spacial score (nSPS) is 15.4. The van der Waals surface area contributed by atoms with E-state index in [9.17, 15) is 14.4 Å². The van der Waals surface area contributed by atoms with Gasteiger partial charge >= 0.3 is 12.0 Å². The molecule has 1 N–H and O–H groups in total. The molecule has 2 aromatic rings. The van der Waals surface area contributed by atoms with E-state index in [1.54, 1.807) is 37.7 Å². The second-order valence-corrected chi connectivity index (χ2v) is 8.36. The molecule has 0 unspecified atom stereocenters. The summed E-state index contributed by atoms with van der Waals surface area (Å²) in [5.74, 6) is 0.463. The summed E-state index contributed by atoms with van der Waals surface area (Å²) in [6.45, 7) is 9.71. The first-order chi connectivity index (χ1) is 15.7. The molecule has 0 bridgehead atoms. The van der Waals surface area contributed by atoms with Crippen molar-refractivity contribution in [3.63, 3.8) is 0 Å². The van der Waals surface area contributed by atoms with E-state index >= 15 is 0 Å². The maximum absolute atomic E-state index is 12.5. The van der Waals surface area contributed by atoms with Crippen LogP contribution in [0.4, 0.5) is 4.79 Å². The predicted molar refractivity (Wildman–Crippen MR) is 125 cm³/mol. The average molecular weight is 459 g/mol. The summed E-state index contributed by atoms with van der Waals surface area (Å²) in [6.07, 6.45) is 0. The van der Waals surface area contributed by atoms with Gasteiger partial charge in [-0.3, -0.25) is 9.69 Å². The molecule has 0 saturated carbocycles. The zero-order chi connectivity index (χ0) is 24.1. The Labute approximate surface area is 194 Å². The number of benzene rings is 1. The highest BCUT2D eigenvalue weighted by atomic mass is 16.5. The number of urea groups is 1. The quantitative estimate of drug-likeness (QED) is 0.632. The van der Waals surface area contributed by atoms with Crippen molar-refractivity contribution < 1.29 is 19.1 Å². The Morgan fingerprint density at radius 2 is 1.85 bits per heavy atom. The van der Waals surface area contributed by atoms with Crippen LogP contribution in [0.15, 0.2) is 18.2 Å². The van der Waals surface area contributed by atoms with Gasteiger partial charge < -0.3 is 24.4 Å². The minimum atomic E-state index is -0.677. The monoisotopic (exact) mass is 458 g/mol. The average Bonchev–Trinajstić information content (AvgIpc) is 3.14. The van der Waals surface area contributed by atoms with Gasteiger partial charge in [0.25, 0.3) is 5.91 Å². The van der Waals surface area contributed by atoms with Crippen molar-refractivity contribution in [3.8, 4) is 0 Å². The number of rotatable bonds is 7. The Morgan fingerprint density at radius 1 is 1.15 bits per heavy atom. The first-order valence-corrected chi connectivity index (χ1v) is 11.4. The van der Waals surface area contributed by atoms with Crippen molar-refractivity contribution in [2.75, 3.05) is 46.9 Å². The molecule has 0 radical (unpaired) electrons. The molecule has 1 saturated heterocycles. The first-order valence-electron chi connectivity index (χ1n) is 11.4. The lowest BCUT2D eigenvalue weighted by molar-refractivity contribution is -0.144. The van der Waals surface area contributed by atoms with E-state index in [4.69, 9.17) is 9.72 Å². The molecule has 3 amide bonds. The van der Waals surface area contributed by atoms with Crippen LogP contribution in [0, 0.1) is 0 Å². The summed E-state index contributed by atoms with van der Waals surface area (Å²) in [7, 11) is 3.47. The number of imidazole rings is 1. The Morgan fingerprint density at radius 3 is 2.45 bits per heavy atom. The van der Waals surface area contributed by atoms with Gasteiger partial charge in [0.1, 0.15) is 11.9 Å². The highest BCUT2D eigenvalue weighted by Gasteiger charge is 2.25. The van der Waals surface area contributed by atoms with Crippen LogP contribution in [-0.2, 0) is 22.6 Å². The van der Waals surface area contributed by atoms with Gasteiger partial charge in [0.2, 0.25) is 0 Å². The van der Waals surface area contributed by atoms with Crippen LogP contribution in [0.25, 0.3) is 11.0 Å². The van der Waals surface area contributed by atoms with Gasteiger partial charge in [0, 0.05) is 52.4 Å². The number of aryl methyl sites for hydroxylation is 1. The van der Waals surface area contributed by atoms with Crippen LogP contribution < -0.4 is 5.32 Å². The molecule has 2 heterocycles. The summed E-state index contributed by atoms with van der Waals surface area (Å²) in [4.78, 5) is 46.9. The molecule has 1 fully saturated rings. The lowest BCUT2D eigenvalue weighted by Gasteiger charge is -2.34. The fraction of sp³-hybridized carbons (Fsp3) is 0.565. The van der Waals surface area contributed by atoms with Gasteiger partial charge in [-0.2, -0.15) is 0 Å². The zero-order valence-corrected chi connectivity index (χ0v) is 20.1. The maximum Gasteiger partial charge on any atom is 0.328 e. The summed E-state index contributed by atoms with van der Waals surface area (Å²) in [5.41, 5.74) is 2.44. The summed E-state index contributed by atoms with van der Waals surface area (Å²) < 4.78 is 7.11. The maximum atomic E-state index is 12.5. The molecule has 1 aromatic heterocycles. The van der Waals surface area contributed by atoms with Gasteiger partial charge in [0.05, 0.1) is 24.2 Å². The first kappa shape index (κ1) is 24.5. The Kier molecular flexibility index (Phi) is 7.91. The third-order valence-corrected chi connectivity index (χ3v) is 5.80. The van der Waals surface area contributed by atoms with Crippen molar-refractivity contribution in [1.82, 2.24) is 29.6 Å². The molecule has 1 aromatic carbocycles. The van der Waals surface area contributed by atoms with E-state index in [0.29, 0.717) is 38.3 Å². The molecule has 10 nitrogen and oxygen atoms in total. The number of nitrogens with one attached hydrogen (secondary N) is 1. The number of amides is 3. The van der Waals surface area contributed by atoms with Crippen LogP contribution >= 0.6 is 0 Å². The van der Waals surface area contributed by atoms with Crippen LogP contribution in [-0.4, -0.2) is 95.1 Å². The number of carbonyl (C=O) groups excluding carboxylic acids is 3. The number of aromatic nitrogens is 2. The molecule has 1 atom stereocenters. The van der Waals surface area contributed by atoms with Gasteiger partial charge in [-0.1, -0.05) is 0 Å². The number of piperazine rings is 1. The second kappa shape index (κ2) is 10.7. The second-order valence-electron chi connectivity index (χ2n) is 8.36. The van der Waals surface area contributed by atoms with Crippen molar-refractivity contribution in [2.45, 2.75) is 39.9 Å². The lowest BCUT2D eigenvalue weighted by atomic mass is 10.2.